The highest BCUT2D eigenvalue weighted by atomic mass is 19.4. The van der Waals surface area contributed by atoms with Crippen molar-refractivity contribution in [1.29, 1.82) is 0 Å². The van der Waals surface area contributed by atoms with Gasteiger partial charge in [-0.05, 0) is 102 Å². The number of hydrogen-bond acceptors (Lipinski definition) is 5. The van der Waals surface area contributed by atoms with Crippen LogP contribution in [0.5, 0.6) is 28.7 Å². The van der Waals surface area contributed by atoms with Crippen LogP contribution in [-0.4, -0.2) is 17.0 Å². The summed E-state index contributed by atoms with van der Waals surface area (Å²) in [4.78, 5) is 25.4. The van der Waals surface area contributed by atoms with Crippen LogP contribution in [0, 0.1) is 0 Å². The van der Waals surface area contributed by atoms with Crippen LogP contribution in [0.25, 0.3) is 0 Å². The quantitative estimate of drug-likeness (QED) is 0.149. The molecule has 0 saturated heterocycles. The van der Waals surface area contributed by atoms with Gasteiger partial charge in [0.15, 0.2) is 0 Å². The fourth-order valence-corrected chi connectivity index (χ4v) is 4.60. The van der Waals surface area contributed by atoms with E-state index in [0.29, 0.717) is 39.9 Å². The van der Waals surface area contributed by atoms with E-state index in [1.165, 1.54) is 18.2 Å². The predicted molar refractivity (Wildman–Crippen MR) is 171 cm³/mol. The van der Waals surface area contributed by atoms with E-state index in [4.69, 9.17) is 14.2 Å². The Balaban J connectivity index is 1.27. The molecule has 0 saturated carbocycles. The average Bonchev–Trinajstić information content (AvgIpc) is 3.05. The molecule has 0 fully saturated rings. The number of aromatic carboxylic acids is 1. The normalized spacial score (nSPS) is 11.2. The minimum absolute atomic E-state index is 0.0886. The molecule has 0 atom stereocenters. The lowest BCUT2D eigenvalue weighted by Crippen LogP contribution is -2.15. The molecule has 0 aliphatic rings. The molecule has 5 aromatic carbocycles. The number of anilines is 1. The lowest BCUT2D eigenvalue weighted by molar-refractivity contribution is -0.137. The van der Waals surface area contributed by atoms with Gasteiger partial charge in [0.2, 0.25) is 0 Å². The fraction of sp³-hybridized carbons (Fsp3) is 0.135. The van der Waals surface area contributed by atoms with Crippen LogP contribution in [-0.2, 0) is 12.8 Å². The Morgan fingerprint density at radius 1 is 0.745 bits per heavy atom. The second-order valence-electron chi connectivity index (χ2n) is 10.8. The third kappa shape index (κ3) is 8.49. The number of para-hydroxylation sites is 1. The number of amides is 1. The summed E-state index contributed by atoms with van der Waals surface area (Å²) in [6.45, 7) is 3.95. The molecule has 5 rings (SSSR count). The maximum absolute atomic E-state index is 13.1. The lowest BCUT2D eigenvalue weighted by atomic mass is 9.98. The van der Waals surface area contributed by atoms with Crippen molar-refractivity contribution in [2.75, 3.05) is 5.32 Å². The summed E-state index contributed by atoms with van der Waals surface area (Å²) in [7, 11) is 0. The molecule has 7 nitrogen and oxygen atoms in total. The highest BCUT2D eigenvalue weighted by Gasteiger charge is 2.30. The van der Waals surface area contributed by atoms with Gasteiger partial charge in [-0.15, -0.1) is 0 Å². The van der Waals surface area contributed by atoms with E-state index in [9.17, 15) is 27.9 Å². The van der Waals surface area contributed by atoms with E-state index in [1.807, 2.05) is 44.2 Å². The van der Waals surface area contributed by atoms with Gasteiger partial charge < -0.3 is 24.6 Å². The summed E-state index contributed by atoms with van der Waals surface area (Å²) < 4.78 is 55.8. The van der Waals surface area contributed by atoms with Crippen LogP contribution < -0.4 is 19.5 Å². The van der Waals surface area contributed by atoms with Gasteiger partial charge in [-0.25, -0.2) is 4.79 Å². The lowest BCUT2D eigenvalue weighted by Gasteiger charge is -2.18. The van der Waals surface area contributed by atoms with Gasteiger partial charge in [-0.2, -0.15) is 13.2 Å². The smallest absolute Gasteiger partial charge is 0.416 e. The van der Waals surface area contributed by atoms with E-state index >= 15 is 0 Å². The minimum atomic E-state index is -4.42. The second kappa shape index (κ2) is 14.1. The summed E-state index contributed by atoms with van der Waals surface area (Å²) in [6, 6.07) is 29.9. The molecule has 5 aromatic rings. The number of rotatable bonds is 11. The van der Waals surface area contributed by atoms with Crippen LogP contribution in [0.3, 0.4) is 0 Å². The maximum atomic E-state index is 13.1. The zero-order valence-corrected chi connectivity index (χ0v) is 25.4. The molecule has 2 N–H and O–H groups in total. The summed E-state index contributed by atoms with van der Waals surface area (Å²) in [5.41, 5.74) is 0.948. The van der Waals surface area contributed by atoms with E-state index in [0.717, 1.165) is 17.7 Å². The molecule has 0 radical (unpaired) electrons. The molecule has 0 heterocycles. The number of alkyl halides is 3. The molecule has 1 amide bonds. The molecule has 0 bridgehead atoms. The number of carboxylic acids is 1. The second-order valence-corrected chi connectivity index (χ2v) is 10.8. The number of carboxylic acid groups (broad SMARTS) is 1. The Labute approximate surface area is 269 Å². The third-order valence-corrected chi connectivity index (χ3v) is 7.08. The predicted octanol–water partition coefficient (Wildman–Crippen LogP) is 9.94. The molecule has 0 aliphatic carbocycles. The number of benzene rings is 5. The monoisotopic (exact) mass is 641 g/mol. The first kappa shape index (κ1) is 32.6. The first-order valence-electron chi connectivity index (χ1n) is 14.6. The number of carbonyl (C=O) groups is 2. The standard InChI is InChI=1S/C37H30F3NO6/c1-23(2)31-20-33(41-35(42)25-10-16-29(17-11-25)46-28-6-4-3-5-7-28)32(36(43)44)21-34(31)47-30-14-8-24(9-15-30)22-45-27-18-12-26(13-19-27)37(38,39)40/h3-21,23H,22H2,1-2H3,(H,41,42)(H,43,44). The molecule has 10 heteroatoms. The van der Waals surface area contributed by atoms with Crippen LogP contribution in [0.15, 0.2) is 115 Å². The van der Waals surface area contributed by atoms with Crippen molar-refractivity contribution < 1.29 is 42.1 Å². The van der Waals surface area contributed by atoms with Crippen molar-refractivity contribution in [3.63, 3.8) is 0 Å². The Bertz CT molecular complexity index is 1840. The Hall–Kier alpha value is -5.77. The van der Waals surface area contributed by atoms with Gasteiger partial charge in [-0.1, -0.05) is 44.2 Å². The highest BCUT2D eigenvalue weighted by molar-refractivity contribution is 6.08. The Kier molecular flexibility index (Phi) is 9.80. The van der Waals surface area contributed by atoms with Gasteiger partial charge in [0.25, 0.3) is 5.91 Å². The van der Waals surface area contributed by atoms with Gasteiger partial charge in [0, 0.05) is 5.56 Å². The van der Waals surface area contributed by atoms with Crippen molar-refractivity contribution in [3.05, 3.63) is 143 Å². The maximum Gasteiger partial charge on any atom is 0.416 e. The van der Waals surface area contributed by atoms with E-state index < -0.39 is 23.6 Å². The van der Waals surface area contributed by atoms with E-state index in [-0.39, 0.29) is 23.8 Å². The third-order valence-electron chi connectivity index (χ3n) is 7.08. The molecular formula is C37H30F3NO6. The molecule has 0 aromatic heterocycles. The van der Waals surface area contributed by atoms with Gasteiger partial charge in [0.05, 0.1) is 16.8 Å². The molecule has 0 unspecified atom stereocenters. The number of carbonyl (C=O) groups excluding carboxylic acids is 1. The molecule has 240 valence electrons. The number of nitrogens with one attached hydrogen (secondary N) is 1. The van der Waals surface area contributed by atoms with E-state index in [1.54, 1.807) is 54.6 Å². The number of halogens is 3. The summed E-state index contributed by atoms with van der Waals surface area (Å²) in [5, 5.41) is 12.7. The number of hydrogen-bond donors (Lipinski definition) is 2. The average molecular weight is 642 g/mol. The Morgan fingerprint density at radius 3 is 1.91 bits per heavy atom. The number of ether oxygens (including phenoxy) is 3. The zero-order valence-electron chi connectivity index (χ0n) is 25.4. The summed E-state index contributed by atoms with van der Waals surface area (Å²) in [6.07, 6.45) is -4.42. The van der Waals surface area contributed by atoms with Crippen molar-refractivity contribution in [1.82, 2.24) is 0 Å². The van der Waals surface area contributed by atoms with Crippen molar-refractivity contribution in [3.8, 4) is 28.7 Å². The minimum Gasteiger partial charge on any atom is -0.489 e. The summed E-state index contributed by atoms with van der Waals surface area (Å²) >= 11 is 0. The van der Waals surface area contributed by atoms with Gasteiger partial charge in [-0.3, -0.25) is 4.79 Å². The molecule has 0 aliphatic heterocycles. The van der Waals surface area contributed by atoms with Gasteiger partial charge in [0.1, 0.15) is 35.4 Å². The first-order chi connectivity index (χ1) is 22.5. The topological polar surface area (TPSA) is 94.1 Å². The first-order valence-corrected chi connectivity index (χ1v) is 14.6. The van der Waals surface area contributed by atoms with Crippen molar-refractivity contribution in [2.45, 2.75) is 32.5 Å². The van der Waals surface area contributed by atoms with Gasteiger partial charge >= 0.3 is 12.1 Å². The molecular weight excluding hydrogens is 611 g/mol. The fourth-order valence-electron chi connectivity index (χ4n) is 4.60. The Morgan fingerprint density at radius 2 is 1.32 bits per heavy atom. The SMILES string of the molecule is CC(C)c1cc(NC(=O)c2ccc(Oc3ccccc3)cc2)c(C(=O)O)cc1Oc1ccc(COc2ccc(C(F)(F)F)cc2)cc1. The van der Waals surface area contributed by atoms with Crippen LogP contribution in [0.1, 0.15) is 57.2 Å². The van der Waals surface area contributed by atoms with Crippen molar-refractivity contribution in [2.24, 2.45) is 0 Å². The zero-order chi connectivity index (χ0) is 33.6. The van der Waals surface area contributed by atoms with Crippen LogP contribution in [0.4, 0.5) is 18.9 Å². The summed E-state index contributed by atoms with van der Waals surface area (Å²) in [5.74, 6) is 0.404. The largest absolute Gasteiger partial charge is 0.489 e. The van der Waals surface area contributed by atoms with Crippen LogP contribution >= 0.6 is 0 Å². The highest BCUT2D eigenvalue weighted by Crippen LogP contribution is 2.36. The van der Waals surface area contributed by atoms with Crippen molar-refractivity contribution >= 4 is 17.6 Å². The molecule has 47 heavy (non-hydrogen) atoms. The van der Waals surface area contributed by atoms with Crippen LogP contribution in [0.2, 0.25) is 0 Å². The van der Waals surface area contributed by atoms with E-state index in [2.05, 4.69) is 5.32 Å². The molecule has 0 spiro atoms.